The lowest BCUT2D eigenvalue weighted by molar-refractivity contribution is -0.146. The number of hydrogen-bond donors (Lipinski definition) is 1. The largest absolute Gasteiger partial charge is 0.496 e. The van der Waals surface area contributed by atoms with Gasteiger partial charge in [-0.05, 0) is 49.7 Å². The molecule has 2 rings (SSSR count). The number of ether oxygens (including phenoxy) is 2. The van der Waals surface area contributed by atoms with Gasteiger partial charge >= 0.3 is 5.97 Å². The molecule has 142 valence electrons. The minimum atomic E-state index is -0.605. The molecule has 2 aromatic carbocycles. The number of carbonyl (C=O) groups excluding carboxylic acids is 3. The zero-order chi connectivity index (χ0) is 20.0. The maximum atomic E-state index is 12.1. The number of nitrogens with one attached hydrogen (secondary N) is 1. The number of hydrogen-bond acceptors (Lipinski definition) is 5. The lowest BCUT2D eigenvalue weighted by Gasteiger charge is -2.10. The topological polar surface area (TPSA) is 81.7 Å². The predicted octanol–water partition coefficient (Wildman–Crippen LogP) is 3.58. The minimum absolute atomic E-state index is 0.117. The van der Waals surface area contributed by atoms with Crippen molar-refractivity contribution in [3.8, 4) is 5.75 Å². The Morgan fingerprint density at radius 2 is 1.85 bits per heavy atom. The number of methoxy groups -OCH3 is 1. The van der Waals surface area contributed by atoms with E-state index in [1.807, 2.05) is 6.92 Å². The van der Waals surface area contributed by atoms with Gasteiger partial charge in [0.15, 0.2) is 12.4 Å². The third-order valence-corrected chi connectivity index (χ3v) is 4.25. The van der Waals surface area contributed by atoms with Crippen molar-refractivity contribution in [3.63, 3.8) is 0 Å². The lowest BCUT2D eigenvalue weighted by atomic mass is 10.0. The van der Waals surface area contributed by atoms with E-state index in [4.69, 9.17) is 21.1 Å². The van der Waals surface area contributed by atoms with Crippen molar-refractivity contribution >= 4 is 34.9 Å². The average molecular weight is 390 g/mol. The standard InChI is InChI=1S/C20H20ClNO5/c1-12-4-6-16(10-17(12)21)22-19(24)11-27-20(25)9-15-8-14(13(2)23)5-7-18(15)26-3/h4-8,10H,9,11H2,1-3H3,(H,22,24). The van der Waals surface area contributed by atoms with Gasteiger partial charge in [-0.1, -0.05) is 17.7 Å². The van der Waals surface area contributed by atoms with E-state index >= 15 is 0 Å². The fraction of sp³-hybridized carbons (Fsp3) is 0.250. The number of aryl methyl sites for hydroxylation is 1. The molecule has 1 amide bonds. The average Bonchev–Trinajstić information content (AvgIpc) is 2.63. The first-order chi connectivity index (χ1) is 12.8. The molecule has 1 N–H and O–H groups in total. The second kappa shape index (κ2) is 9.19. The van der Waals surface area contributed by atoms with Crippen LogP contribution in [0.4, 0.5) is 5.69 Å². The maximum absolute atomic E-state index is 12.1. The highest BCUT2D eigenvalue weighted by Gasteiger charge is 2.14. The summed E-state index contributed by atoms with van der Waals surface area (Å²) in [6, 6.07) is 9.92. The Labute approximate surface area is 162 Å². The highest BCUT2D eigenvalue weighted by Crippen LogP contribution is 2.22. The zero-order valence-electron chi connectivity index (χ0n) is 15.3. The molecule has 0 aliphatic rings. The molecule has 0 unspecified atom stereocenters. The summed E-state index contributed by atoms with van der Waals surface area (Å²) in [6.07, 6.45) is -0.117. The Kier molecular flexibility index (Phi) is 6.96. The van der Waals surface area contributed by atoms with Gasteiger partial charge in [0, 0.05) is 21.8 Å². The summed E-state index contributed by atoms with van der Waals surface area (Å²) in [6.45, 7) is 2.86. The summed E-state index contributed by atoms with van der Waals surface area (Å²) in [7, 11) is 1.47. The fourth-order valence-electron chi connectivity index (χ4n) is 2.36. The predicted molar refractivity (Wildman–Crippen MR) is 102 cm³/mol. The highest BCUT2D eigenvalue weighted by atomic mass is 35.5. The third kappa shape index (κ3) is 5.82. The molecule has 0 saturated carbocycles. The van der Waals surface area contributed by atoms with Gasteiger partial charge in [0.05, 0.1) is 13.5 Å². The Bertz CT molecular complexity index is 879. The molecular weight excluding hydrogens is 370 g/mol. The summed E-state index contributed by atoms with van der Waals surface area (Å²) in [5.41, 5.74) is 2.39. The number of amides is 1. The van der Waals surface area contributed by atoms with E-state index in [1.165, 1.54) is 14.0 Å². The van der Waals surface area contributed by atoms with Crippen molar-refractivity contribution in [2.24, 2.45) is 0 Å². The van der Waals surface area contributed by atoms with Gasteiger partial charge in [0.2, 0.25) is 0 Å². The number of carbonyl (C=O) groups is 3. The molecule has 0 fully saturated rings. The Morgan fingerprint density at radius 1 is 1.11 bits per heavy atom. The maximum Gasteiger partial charge on any atom is 0.310 e. The summed E-state index contributed by atoms with van der Waals surface area (Å²) in [5.74, 6) is -0.738. The highest BCUT2D eigenvalue weighted by molar-refractivity contribution is 6.31. The zero-order valence-corrected chi connectivity index (χ0v) is 16.1. The minimum Gasteiger partial charge on any atom is -0.496 e. The van der Waals surface area contributed by atoms with Gasteiger partial charge in [0.25, 0.3) is 5.91 Å². The van der Waals surface area contributed by atoms with E-state index in [9.17, 15) is 14.4 Å². The Morgan fingerprint density at radius 3 is 2.48 bits per heavy atom. The van der Waals surface area contributed by atoms with Crippen molar-refractivity contribution in [1.82, 2.24) is 0 Å². The number of Topliss-reactive ketones (excluding diaryl/α,β-unsaturated/α-hetero) is 1. The summed E-state index contributed by atoms with van der Waals surface area (Å²) in [4.78, 5) is 35.5. The van der Waals surface area contributed by atoms with E-state index in [0.717, 1.165) is 5.56 Å². The number of rotatable bonds is 7. The molecular formula is C20H20ClNO5. The second-order valence-electron chi connectivity index (χ2n) is 5.93. The van der Waals surface area contributed by atoms with Gasteiger partial charge in [-0.25, -0.2) is 0 Å². The Hall–Kier alpha value is -2.86. The van der Waals surface area contributed by atoms with Crippen molar-refractivity contribution < 1.29 is 23.9 Å². The van der Waals surface area contributed by atoms with Gasteiger partial charge in [-0.3, -0.25) is 14.4 Å². The van der Waals surface area contributed by atoms with E-state index in [0.29, 0.717) is 27.6 Å². The molecule has 0 heterocycles. The molecule has 0 aromatic heterocycles. The number of benzene rings is 2. The molecule has 0 aliphatic heterocycles. The molecule has 0 spiro atoms. The third-order valence-electron chi connectivity index (χ3n) is 3.84. The first kappa shape index (κ1) is 20.5. The van der Waals surface area contributed by atoms with Crippen LogP contribution >= 0.6 is 11.6 Å². The molecule has 2 aromatic rings. The van der Waals surface area contributed by atoms with Gasteiger partial charge in [-0.15, -0.1) is 0 Å². The smallest absolute Gasteiger partial charge is 0.310 e. The van der Waals surface area contributed by atoms with Crippen LogP contribution in [0.3, 0.4) is 0 Å². The first-order valence-electron chi connectivity index (χ1n) is 8.19. The number of halogens is 1. The van der Waals surface area contributed by atoms with Crippen LogP contribution in [-0.2, 0) is 20.7 Å². The van der Waals surface area contributed by atoms with Crippen LogP contribution < -0.4 is 10.1 Å². The second-order valence-corrected chi connectivity index (χ2v) is 6.34. The normalized spacial score (nSPS) is 10.2. The van der Waals surface area contributed by atoms with Crippen LogP contribution in [0.1, 0.15) is 28.4 Å². The molecule has 7 heteroatoms. The Balaban J connectivity index is 1.93. The van der Waals surface area contributed by atoms with Crippen molar-refractivity contribution in [1.29, 1.82) is 0 Å². The molecule has 0 aliphatic carbocycles. The van der Waals surface area contributed by atoms with Crippen molar-refractivity contribution in [3.05, 3.63) is 58.1 Å². The van der Waals surface area contributed by atoms with Crippen LogP contribution in [0.15, 0.2) is 36.4 Å². The van der Waals surface area contributed by atoms with Gasteiger partial charge < -0.3 is 14.8 Å². The van der Waals surface area contributed by atoms with Crippen molar-refractivity contribution in [2.45, 2.75) is 20.3 Å². The summed E-state index contributed by atoms with van der Waals surface area (Å²) in [5, 5.41) is 3.14. The molecule has 0 saturated heterocycles. The molecule has 0 bridgehead atoms. The van der Waals surface area contributed by atoms with Crippen LogP contribution in [0, 0.1) is 6.92 Å². The summed E-state index contributed by atoms with van der Waals surface area (Å²) < 4.78 is 10.2. The molecule has 0 radical (unpaired) electrons. The molecule has 27 heavy (non-hydrogen) atoms. The van der Waals surface area contributed by atoms with Crippen LogP contribution in [0.5, 0.6) is 5.75 Å². The van der Waals surface area contributed by atoms with Gasteiger partial charge in [0.1, 0.15) is 5.75 Å². The monoisotopic (exact) mass is 389 g/mol. The number of anilines is 1. The van der Waals surface area contributed by atoms with Crippen molar-refractivity contribution in [2.75, 3.05) is 19.0 Å². The first-order valence-corrected chi connectivity index (χ1v) is 8.57. The number of esters is 1. The molecule has 0 atom stereocenters. The van der Waals surface area contributed by atoms with E-state index in [1.54, 1.807) is 36.4 Å². The lowest BCUT2D eigenvalue weighted by Crippen LogP contribution is -2.21. The van der Waals surface area contributed by atoms with E-state index in [2.05, 4.69) is 5.32 Å². The SMILES string of the molecule is COc1ccc(C(C)=O)cc1CC(=O)OCC(=O)Nc1ccc(C)c(Cl)c1. The van der Waals surface area contributed by atoms with Gasteiger partial charge in [-0.2, -0.15) is 0 Å². The molecule has 6 nitrogen and oxygen atoms in total. The summed E-state index contributed by atoms with van der Waals surface area (Å²) >= 11 is 6.01. The number of ketones is 1. The van der Waals surface area contributed by atoms with Crippen LogP contribution in [0.25, 0.3) is 0 Å². The van der Waals surface area contributed by atoms with Crippen LogP contribution in [0.2, 0.25) is 5.02 Å². The fourth-order valence-corrected chi connectivity index (χ4v) is 2.54. The van der Waals surface area contributed by atoms with E-state index in [-0.39, 0.29) is 12.2 Å². The van der Waals surface area contributed by atoms with E-state index < -0.39 is 18.5 Å². The quantitative estimate of drug-likeness (QED) is 0.578. The van der Waals surface area contributed by atoms with Crippen LogP contribution in [-0.4, -0.2) is 31.4 Å².